The monoisotopic (exact) mass is 372 g/mol. The Morgan fingerprint density at radius 3 is 2.89 bits per heavy atom. The average Bonchev–Trinajstić information content (AvgIpc) is 3.10. The molecule has 1 aromatic carbocycles. The molecule has 2 fully saturated rings. The Labute approximate surface area is 161 Å². The normalized spacial score (nSPS) is 25.2. The highest BCUT2D eigenvalue weighted by Crippen LogP contribution is 2.20. The zero-order valence-electron chi connectivity index (χ0n) is 16.3. The van der Waals surface area contributed by atoms with Crippen LogP contribution in [-0.2, 0) is 15.9 Å². The van der Waals surface area contributed by atoms with Crippen molar-refractivity contribution < 1.29 is 9.47 Å². The minimum Gasteiger partial charge on any atom is -0.382 e. The Kier molecular flexibility index (Phi) is 6.42. The number of benzene rings is 1. The highest BCUT2D eigenvalue weighted by molar-refractivity contribution is 5.83. The van der Waals surface area contributed by atoms with Gasteiger partial charge in [-0.3, -0.25) is 9.80 Å². The zero-order chi connectivity index (χ0) is 18.5. The van der Waals surface area contributed by atoms with Crippen molar-refractivity contribution in [1.29, 1.82) is 0 Å². The smallest absolute Gasteiger partial charge is 0.0935 e. The van der Waals surface area contributed by atoms with Crippen molar-refractivity contribution in [2.24, 2.45) is 0 Å². The van der Waals surface area contributed by atoms with Gasteiger partial charge in [-0.1, -0.05) is 18.2 Å². The number of H-pyrrole nitrogens is 1. The Hall–Kier alpha value is -1.44. The van der Waals surface area contributed by atoms with Gasteiger partial charge in [0.1, 0.15) is 0 Å². The number of piperazine rings is 1. The van der Waals surface area contributed by atoms with Gasteiger partial charge in [-0.2, -0.15) is 0 Å². The molecule has 2 N–H and O–H groups in total. The molecule has 4 rings (SSSR count). The third kappa shape index (κ3) is 4.89. The first-order valence-corrected chi connectivity index (χ1v) is 10.2. The molecule has 0 spiro atoms. The lowest BCUT2D eigenvalue weighted by Crippen LogP contribution is -2.54. The number of hydrogen-bond acceptors (Lipinski definition) is 5. The van der Waals surface area contributed by atoms with Gasteiger partial charge in [0.2, 0.25) is 0 Å². The maximum atomic E-state index is 5.76. The highest BCUT2D eigenvalue weighted by Gasteiger charge is 2.23. The van der Waals surface area contributed by atoms with Crippen LogP contribution < -0.4 is 5.32 Å². The molecule has 0 radical (unpaired) electrons. The molecular formula is C21H32N4O2. The molecule has 0 amide bonds. The largest absolute Gasteiger partial charge is 0.382 e. The summed E-state index contributed by atoms with van der Waals surface area (Å²) in [6.45, 7) is 9.10. The molecule has 2 saturated heterocycles. The molecule has 6 heteroatoms. The van der Waals surface area contributed by atoms with Crippen LogP contribution in [0.4, 0.5) is 0 Å². The molecule has 2 atom stereocenters. The number of ether oxygens (including phenoxy) is 2. The number of morpholine rings is 1. The van der Waals surface area contributed by atoms with E-state index >= 15 is 0 Å². The molecule has 1 unspecified atom stereocenters. The standard InChI is InChI=1S/C21H32N4O2/c1-26-16-19-15-25(10-11-27-19)9-8-24-7-6-22-18(14-24)12-17-13-23-21-5-3-2-4-20(17)21/h2-5,13,18-19,22-23H,6-12,14-16H2,1H3/t18?,19-/m1/s1. The Balaban J connectivity index is 1.27. The van der Waals surface area contributed by atoms with Gasteiger partial charge < -0.3 is 19.8 Å². The van der Waals surface area contributed by atoms with Gasteiger partial charge in [0.25, 0.3) is 0 Å². The first-order valence-electron chi connectivity index (χ1n) is 10.2. The van der Waals surface area contributed by atoms with Crippen LogP contribution >= 0.6 is 0 Å². The molecule has 148 valence electrons. The van der Waals surface area contributed by atoms with Crippen LogP contribution in [0.25, 0.3) is 10.9 Å². The van der Waals surface area contributed by atoms with E-state index in [4.69, 9.17) is 9.47 Å². The number of hydrogen-bond donors (Lipinski definition) is 2. The number of methoxy groups -OCH3 is 1. The van der Waals surface area contributed by atoms with Crippen molar-refractivity contribution in [3.8, 4) is 0 Å². The number of nitrogens with one attached hydrogen (secondary N) is 2. The predicted octanol–water partition coefficient (Wildman–Crippen LogP) is 1.33. The molecular weight excluding hydrogens is 340 g/mol. The van der Waals surface area contributed by atoms with E-state index in [1.807, 2.05) is 0 Å². The van der Waals surface area contributed by atoms with Crippen LogP contribution in [0.1, 0.15) is 5.56 Å². The summed E-state index contributed by atoms with van der Waals surface area (Å²) >= 11 is 0. The van der Waals surface area contributed by atoms with Gasteiger partial charge in [-0.25, -0.2) is 0 Å². The summed E-state index contributed by atoms with van der Waals surface area (Å²) in [5, 5.41) is 5.06. The van der Waals surface area contributed by atoms with Crippen LogP contribution in [0, 0.1) is 0 Å². The minimum absolute atomic E-state index is 0.224. The fraction of sp³-hybridized carbons (Fsp3) is 0.619. The number of fused-ring (bicyclic) bond motifs is 1. The summed E-state index contributed by atoms with van der Waals surface area (Å²) in [6.07, 6.45) is 3.48. The molecule has 6 nitrogen and oxygen atoms in total. The van der Waals surface area contributed by atoms with Crippen LogP contribution in [0.5, 0.6) is 0 Å². The van der Waals surface area contributed by atoms with Gasteiger partial charge in [-0.15, -0.1) is 0 Å². The summed E-state index contributed by atoms with van der Waals surface area (Å²) in [5.74, 6) is 0. The third-order valence-corrected chi connectivity index (χ3v) is 5.79. The van der Waals surface area contributed by atoms with Crippen molar-refractivity contribution in [3.63, 3.8) is 0 Å². The fourth-order valence-corrected chi connectivity index (χ4v) is 4.35. The number of rotatable bonds is 7. The van der Waals surface area contributed by atoms with Gasteiger partial charge in [0.05, 0.1) is 19.3 Å². The average molecular weight is 373 g/mol. The van der Waals surface area contributed by atoms with Gasteiger partial charge in [0, 0.05) is 76.1 Å². The summed E-state index contributed by atoms with van der Waals surface area (Å²) < 4.78 is 11.0. The van der Waals surface area contributed by atoms with Crippen molar-refractivity contribution in [2.45, 2.75) is 18.6 Å². The number of aromatic amines is 1. The maximum absolute atomic E-state index is 5.76. The molecule has 3 heterocycles. The quantitative estimate of drug-likeness (QED) is 0.768. The van der Waals surface area contributed by atoms with Crippen molar-refractivity contribution in [3.05, 3.63) is 36.0 Å². The lowest BCUT2D eigenvalue weighted by Gasteiger charge is -2.37. The second-order valence-corrected chi connectivity index (χ2v) is 7.76. The van der Waals surface area contributed by atoms with E-state index in [1.165, 1.54) is 16.5 Å². The third-order valence-electron chi connectivity index (χ3n) is 5.79. The Bertz CT molecular complexity index is 717. The first-order chi connectivity index (χ1) is 13.3. The molecule has 2 aliphatic rings. The Morgan fingerprint density at radius 2 is 2.00 bits per heavy atom. The second-order valence-electron chi connectivity index (χ2n) is 7.76. The van der Waals surface area contributed by atoms with E-state index in [1.54, 1.807) is 7.11 Å². The fourth-order valence-electron chi connectivity index (χ4n) is 4.35. The SMILES string of the molecule is COC[C@H]1CN(CCN2CCNC(Cc3c[nH]c4ccccc34)C2)CCO1. The lowest BCUT2D eigenvalue weighted by molar-refractivity contribution is -0.0624. The zero-order valence-corrected chi connectivity index (χ0v) is 16.3. The van der Waals surface area contributed by atoms with E-state index in [0.717, 1.165) is 58.8 Å². The van der Waals surface area contributed by atoms with Crippen molar-refractivity contribution in [2.75, 3.05) is 66.1 Å². The summed E-state index contributed by atoms with van der Waals surface area (Å²) in [7, 11) is 1.75. The van der Waals surface area contributed by atoms with Gasteiger partial charge >= 0.3 is 0 Å². The maximum Gasteiger partial charge on any atom is 0.0935 e. The van der Waals surface area contributed by atoms with E-state index in [9.17, 15) is 0 Å². The van der Waals surface area contributed by atoms with Gasteiger partial charge in [0.15, 0.2) is 0 Å². The lowest BCUT2D eigenvalue weighted by atomic mass is 10.0. The van der Waals surface area contributed by atoms with Gasteiger partial charge in [-0.05, 0) is 18.1 Å². The van der Waals surface area contributed by atoms with Crippen molar-refractivity contribution in [1.82, 2.24) is 20.1 Å². The molecule has 1 aromatic heterocycles. The van der Waals surface area contributed by atoms with Crippen LogP contribution in [0.15, 0.2) is 30.5 Å². The predicted molar refractivity (Wildman–Crippen MR) is 108 cm³/mol. The van der Waals surface area contributed by atoms with E-state index in [-0.39, 0.29) is 6.10 Å². The van der Waals surface area contributed by atoms with Crippen LogP contribution in [0.3, 0.4) is 0 Å². The summed E-state index contributed by atoms with van der Waals surface area (Å²) in [6, 6.07) is 9.10. The van der Waals surface area contributed by atoms with Crippen LogP contribution in [0.2, 0.25) is 0 Å². The summed E-state index contributed by atoms with van der Waals surface area (Å²) in [5.41, 5.74) is 2.65. The number of nitrogens with zero attached hydrogens (tertiary/aromatic N) is 2. The Morgan fingerprint density at radius 1 is 1.15 bits per heavy atom. The number of aromatic nitrogens is 1. The molecule has 0 bridgehead atoms. The molecule has 2 aliphatic heterocycles. The minimum atomic E-state index is 0.224. The first kappa shape index (κ1) is 18.9. The molecule has 0 saturated carbocycles. The van der Waals surface area contributed by atoms with Crippen molar-refractivity contribution >= 4 is 10.9 Å². The van der Waals surface area contributed by atoms with E-state index in [2.05, 4.69) is 50.6 Å². The molecule has 0 aliphatic carbocycles. The topological polar surface area (TPSA) is 52.8 Å². The molecule has 2 aromatic rings. The van der Waals surface area contributed by atoms with Crippen LogP contribution in [-0.4, -0.2) is 93.1 Å². The second kappa shape index (κ2) is 9.17. The summed E-state index contributed by atoms with van der Waals surface area (Å²) in [4.78, 5) is 8.53. The van der Waals surface area contributed by atoms with E-state index in [0.29, 0.717) is 12.6 Å². The number of para-hydroxylation sites is 1. The highest BCUT2D eigenvalue weighted by atomic mass is 16.5. The molecule has 27 heavy (non-hydrogen) atoms. The van der Waals surface area contributed by atoms with E-state index < -0.39 is 0 Å².